The molecule has 2 aromatic carbocycles. The van der Waals surface area contributed by atoms with Crippen molar-refractivity contribution in [3.63, 3.8) is 0 Å². The Morgan fingerprint density at radius 2 is 1.81 bits per heavy atom. The molecule has 0 bridgehead atoms. The highest BCUT2D eigenvalue weighted by Gasteiger charge is 2.30. The Morgan fingerprint density at radius 3 is 2.42 bits per heavy atom. The van der Waals surface area contributed by atoms with E-state index in [0.717, 1.165) is 10.5 Å². The summed E-state index contributed by atoms with van der Waals surface area (Å²) in [6.45, 7) is 1.92. The average Bonchev–Trinajstić information content (AvgIpc) is 2.74. The zero-order chi connectivity index (χ0) is 22.4. The smallest absolute Gasteiger partial charge is 0.325 e. The van der Waals surface area contributed by atoms with E-state index in [2.05, 4.69) is 0 Å². The number of esters is 1. The van der Waals surface area contributed by atoms with Crippen LogP contribution in [-0.4, -0.2) is 35.9 Å². The topological polar surface area (TPSA) is 110 Å². The van der Waals surface area contributed by atoms with Gasteiger partial charge >= 0.3 is 5.97 Å². The SMILES string of the molecule is CCOC(=O)CN(Cc1ccccc1)c1ccc(N2C(=O)CCCC2=O)cc1[N+](=O)[O-]. The highest BCUT2D eigenvalue weighted by Crippen LogP contribution is 2.35. The monoisotopic (exact) mass is 425 g/mol. The molecule has 2 amide bonds. The molecule has 0 N–H and O–H groups in total. The Balaban J connectivity index is 2.00. The lowest BCUT2D eigenvalue weighted by molar-refractivity contribution is -0.384. The summed E-state index contributed by atoms with van der Waals surface area (Å²) in [5.74, 6) is -1.28. The number of piperidine rings is 1. The van der Waals surface area contributed by atoms with E-state index >= 15 is 0 Å². The average molecular weight is 425 g/mol. The van der Waals surface area contributed by atoms with Crippen molar-refractivity contribution in [1.29, 1.82) is 0 Å². The highest BCUT2D eigenvalue weighted by molar-refractivity contribution is 6.16. The van der Waals surface area contributed by atoms with Crippen molar-refractivity contribution in [1.82, 2.24) is 0 Å². The van der Waals surface area contributed by atoms with Gasteiger partial charge in [0.15, 0.2) is 0 Å². The number of nitrogens with zero attached hydrogens (tertiary/aromatic N) is 3. The lowest BCUT2D eigenvalue weighted by Crippen LogP contribution is -2.40. The number of nitro benzene ring substituents is 1. The summed E-state index contributed by atoms with van der Waals surface area (Å²) in [6, 6.07) is 13.4. The summed E-state index contributed by atoms with van der Waals surface area (Å²) in [5.41, 5.74) is 0.902. The highest BCUT2D eigenvalue weighted by atomic mass is 16.6. The number of hydrogen-bond donors (Lipinski definition) is 0. The number of hydrogen-bond acceptors (Lipinski definition) is 7. The number of nitro groups is 1. The van der Waals surface area contributed by atoms with Gasteiger partial charge in [0.05, 0.1) is 17.2 Å². The zero-order valence-corrected chi connectivity index (χ0v) is 17.2. The largest absolute Gasteiger partial charge is 0.465 e. The predicted octanol–water partition coefficient (Wildman–Crippen LogP) is 3.21. The van der Waals surface area contributed by atoms with Gasteiger partial charge in [-0.1, -0.05) is 30.3 Å². The van der Waals surface area contributed by atoms with Crippen molar-refractivity contribution in [3.8, 4) is 0 Å². The minimum Gasteiger partial charge on any atom is -0.465 e. The van der Waals surface area contributed by atoms with Gasteiger partial charge in [-0.05, 0) is 31.0 Å². The lowest BCUT2D eigenvalue weighted by atomic mass is 10.1. The minimum atomic E-state index is -0.582. The van der Waals surface area contributed by atoms with Gasteiger partial charge in [0.1, 0.15) is 12.2 Å². The maximum absolute atomic E-state index is 12.2. The first-order chi connectivity index (χ1) is 14.9. The molecule has 0 spiro atoms. The number of amides is 2. The third-order valence-corrected chi connectivity index (χ3v) is 4.88. The van der Waals surface area contributed by atoms with Crippen LogP contribution in [0.3, 0.4) is 0 Å². The van der Waals surface area contributed by atoms with Crippen LogP contribution in [0.4, 0.5) is 17.1 Å². The third kappa shape index (κ3) is 5.25. The molecular weight excluding hydrogens is 402 g/mol. The fourth-order valence-electron chi connectivity index (χ4n) is 3.50. The molecule has 0 aromatic heterocycles. The zero-order valence-electron chi connectivity index (χ0n) is 17.2. The van der Waals surface area contributed by atoms with E-state index in [-0.39, 0.29) is 61.4 Å². The van der Waals surface area contributed by atoms with Gasteiger partial charge in [-0.2, -0.15) is 0 Å². The molecule has 0 radical (unpaired) electrons. The molecule has 162 valence electrons. The van der Waals surface area contributed by atoms with Gasteiger partial charge in [-0.25, -0.2) is 0 Å². The Bertz CT molecular complexity index is 976. The molecule has 9 heteroatoms. The van der Waals surface area contributed by atoms with Gasteiger partial charge in [-0.3, -0.25) is 29.4 Å². The van der Waals surface area contributed by atoms with Crippen LogP contribution in [-0.2, 0) is 25.7 Å². The first kappa shape index (κ1) is 21.9. The molecule has 9 nitrogen and oxygen atoms in total. The van der Waals surface area contributed by atoms with Gasteiger partial charge in [0.25, 0.3) is 5.69 Å². The molecule has 0 unspecified atom stereocenters. The van der Waals surface area contributed by atoms with Gasteiger partial charge in [-0.15, -0.1) is 0 Å². The standard InChI is InChI=1S/C22H23N3O6/c1-2-31-22(28)15-23(14-16-7-4-3-5-8-16)18-12-11-17(13-19(18)25(29)30)24-20(26)9-6-10-21(24)27/h3-5,7-8,11-13H,2,6,9-10,14-15H2,1H3. The molecule has 1 aliphatic heterocycles. The van der Waals surface area contributed by atoms with Crippen LogP contribution in [0, 0.1) is 10.1 Å². The second-order valence-electron chi connectivity index (χ2n) is 7.05. The summed E-state index contributed by atoms with van der Waals surface area (Å²) in [4.78, 5) is 50.4. The maximum atomic E-state index is 12.2. The number of carbonyl (C=O) groups excluding carboxylic acids is 3. The van der Waals surface area contributed by atoms with E-state index in [1.807, 2.05) is 30.3 Å². The first-order valence-electron chi connectivity index (χ1n) is 9.99. The summed E-state index contributed by atoms with van der Waals surface area (Å²) in [7, 11) is 0. The van der Waals surface area contributed by atoms with E-state index in [9.17, 15) is 24.5 Å². The van der Waals surface area contributed by atoms with Crippen LogP contribution in [0.15, 0.2) is 48.5 Å². The van der Waals surface area contributed by atoms with Crippen molar-refractivity contribution < 1.29 is 24.0 Å². The van der Waals surface area contributed by atoms with E-state index < -0.39 is 10.9 Å². The predicted molar refractivity (Wildman–Crippen MR) is 114 cm³/mol. The third-order valence-electron chi connectivity index (χ3n) is 4.88. The first-order valence-corrected chi connectivity index (χ1v) is 9.99. The molecule has 1 saturated heterocycles. The number of ether oxygens (including phenoxy) is 1. The second-order valence-corrected chi connectivity index (χ2v) is 7.05. The number of imide groups is 1. The van der Waals surface area contributed by atoms with Gasteiger partial charge < -0.3 is 9.64 Å². The molecule has 1 aliphatic rings. The van der Waals surface area contributed by atoms with Gasteiger partial charge in [0.2, 0.25) is 11.8 Å². The molecule has 0 saturated carbocycles. The number of benzene rings is 2. The van der Waals surface area contributed by atoms with Crippen molar-refractivity contribution in [2.24, 2.45) is 0 Å². The van der Waals surface area contributed by atoms with Crippen molar-refractivity contribution in [3.05, 3.63) is 64.2 Å². The fraction of sp³-hybridized carbons (Fsp3) is 0.318. The lowest BCUT2D eigenvalue weighted by Gasteiger charge is -2.27. The minimum absolute atomic E-state index is 0.154. The fourth-order valence-corrected chi connectivity index (χ4v) is 3.50. The van der Waals surface area contributed by atoms with Crippen LogP contribution >= 0.6 is 0 Å². The van der Waals surface area contributed by atoms with Crippen LogP contribution in [0.5, 0.6) is 0 Å². The molecule has 1 heterocycles. The quantitative estimate of drug-likeness (QED) is 0.276. The van der Waals surface area contributed by atoms with E-state index in [1.165, 1.54) is 18.2 Å². The summed E-state index contributed by atoms with van der Waals surface area (Å²) >= 11 is 0. The van der Waals surface area contributed by atoms with Crippen LogP contribution in [0.25, 0.3) is 0 Å². The number of rotatable bonds is 8. The molecule has 0 atom stereocenters. The van der Waals surface area contributed by atoms with E-state index in [4.69, 9.17) is 4.74 Å². The maximum Gasteiger partial charge on any atom is 0.325 e. The number of carbonyl (C=O) groups is 3. The van der Waals surface area contributed by atoms with E-state index in [0.29, 0.717) is 6.42 Å². The van der Waals surface area contributed by atoms with Crippen LogP contribution in [0.2, 0.25) is 0 Å². The summed E-state index contributed by atoms with van der Waals surface area (Å²) in [5, 5.41) is 11.9. The Kier molecular flexibility index (Phi) is 6.96. The summed E-state index contributed by atoms with van der Waals surface area (Å²) in [6.07, 6.45) is 0.896. The van der Waals surface area contributed by atoms with Crippen LogP contribution in [0.1, 0.15) is 31.7 Å². The molecule has 2 aromatic rings. The van der Waals surface area contributed by atoms with Crippen LogP contribution < -0.4 is 9.80 Å². The molecular formula is C22H23N3O6. The molecule has 1 fully saturated rings. The summed E-state index contributed by atoms with van der Waals surface area (Å²) < 4.78 is 5.03. The Hall–Kier alpha value is -3.75. The van der Waals surface area contributed by atoms with E-state index in [1.54, 1.807) is 11.8 Å². The molecule has 31 heavy (non-hydrogen) atoms. The Labute approximate surface area is 179 Å². The Morgan fingerprint density at radius 1 is 1.13 bits per heavy atom. The normalized spacial score (nSPS) is 13.8. The van der Waals surface area contributed by atoms with Crippen molar-refractivity contribution in [2.45, 2.75) is 32.7 Å². The number of anilines is 2. The molecule has 0 aliphatic carbocycles. The van der Waals surface area contributed by atoms with Crippen molar-refractivity contribution in [2.75, 3.05) is 23.0 Å². The second kappa shape index (κ2) is 9.84. The van der Waals surface area contributed by atoms with Crippen molar-refractivity contribution >= 4 is 34.8 Å². The molecule has 3 rings (SSSR count). The van der Waals surface area contributed by atoms with Gasteiger partial charge in [0, 0.05) is 25.5 Å².